The van der Waals surface area contributed by atoms with E-state index in [1.165, 1.54) is 79.0 Å². The number of Topliss-reactive ketones (excluding diaryl/α,β-unsaturated/α-hetero) is 2. The maximum atomic E-state index is 14.6. The molecule has 306 valence electrons. The van der Waals surface area contributed by atoms with Crippen molar-refractivity contribution in [3.8, 4) is 5.75 Å². The van der Waals surface area contributed by atoms with Crippen molar-refractivity contribution < 1.29 is 46.6 Å². The Labute approximate surface area is 329 Å². The first kappa shape index (κ1) is 46.2. The van der Waals surface area contributed by atoms with Gasteiger partial charge >= 0.3 is 7.60 Å². The van der Waals surface area contributed by atoms with E-state index in [4.69, 9.17) is 25.6 Å². The van der Waals surface area contributed by atoms with Gasteiger partial charge in [-0.1, -0.05) is 89.5 Å². The SMILES string of the molecule is CCCCCCC.CCCCCOCCCOP(=O)(O)COc1ccc2c(C(C)=O)cn(CC(=O)N3C[C@H](F)C[C@H]3C(=O)CCc3cccc(Cl)c3F)c2c1. The zero-order valence-electron chi connectivity index (χ0n) is 32.7. The first-order valence-electron chi connectivity index (χ1n) is 19.5. The number of ketones is 2. The van der Waals surface area contributed by atoms with Crippen molar-refractivity contribution in [1.29, 1.82) is 0 Å². The third kappa shape index (κ3) is 15.0. The van der Waals surface area contributed by atoms with Crippen LogP contribution >= 0.6 is 19.2 Å². The molecule has 1 N–H and O–H groups in total. The number of amides is 1. The Kier molecular flexibility index (Phi) is 20.0. The smallest absolute Gasteiger partial charge is 0.365 e. The van der Waals surface area contributed by atoms with Gasteiger partial charge in [0.05, 0.1) is 29.7 Å². The quantitative estimate of drug-likeness (QED) is 0.0571. The van der Waals surface area contributed by atoms with Crippen LogP contribution in [0.2, 0.25) is 5.02 Å². The van der Waals surface area contributed by atoms with Gasteiger partial charge in [0.15, 0.2) is 17.9 Å². The molecule has 1 aliphatic rings. The van der Waals surface area contributed by atoms with Crippen molar-refractivity contribution in [3.05, 3.63) is 64.6 Å². The summed E-state index contributed by atoms with van der Waals surface area (Å²) >= 11 is 5.84. The molecular formula is C41H58ClF2N2O8P. The molecule has 0 saturated carbocycles. The molecule has 1 saturated heterocycles. The van der Waals surface area contributed by atoms with Crippen LogP contribution in [0.1, 0.15) is 114 Å². The first-order chi connectivity index (χ1) is 26.3. The minimum Gasteiger partial charge on any atom is -0.481 e. The number of nitrogens with zero attached hydrogens (tertiary/aromatic N) is 2. The van der Waals surface area contributed by atoms with Crippen LogP contribution in [-0.2, 0) is 36.4 Å². The van der Waals surface area contributed by atoms with Crippen LogP contribution in [0.15, 0.2) is 42.6 Å². The number of unbranched alkanes of at least 4 members (excludes halogenated alkanes) is 6. The van der Waals surface area contributed by atoms with E-state index in [2.05, 4.69) is 20.8 Å². The van der Waals surface area contributed by atoms with Crippen LogP contribution in [-0.4, -0.2) is 76.8 Å². The third-order valence-electron chi connectivity index (χ3n) is 9.37. The molecule has 1 unspecified atom stereocenters. The number of aryl methyl sites for hydroxylation is 1. The molecule has 0 spiro atoms. The molecule has 3 aromatic rings. The molecule has 0 aliphatic carbocycles. The van der Waals surface area contributed by atoms with E-state index in [1.807, 2.05) is 0 Å². The number of hydrogen-bond donors (Lipinski definition) is 1. The second-order valence-corrected chi connectivity index (χ2v) is 16.2. The van der Waals surface area contributed by atoms with Gasteiger partial charge in [-0.05, 0) is 49.9 Å². The van der Waals surface area contributed by atoms with Gasteiger partial charge in [0.1, 0.15) is 24.3 Å². The monoisotopic (exact) mass is 810 g/mol. The van der Waals surface area contributed by atoms with Gasteiger partial charge in [-0.15, -0.1) is 0 Å². The summed E-state index contributed by atoms with van der Waals surface area (Å²) in [6, 6.07) is 8.15. The molecule has 3 atom stereocenters. The standard InChI is InChI=1S/C34H42ClF2N2O8P.C7H16/c1-3-4-5-14-45-15-7-16-47-48(43,44)22-46-26-11-12-27-28(23(2)40)20-38(30(27)18-26)21-33(42)39-19-25(36)17-31(39)32(41)13-10-24-8-6-9-29(35)34(24)37;1-3-5-7-6-4-2/h6,8-9,11-12,18,20,25,31H,3-5,7,10,13-17,19,21-22H2,1-2H3,(H,43,44);3-7H2,1-2H3/t25-,31+;/m1./s1. The maximum Gasteiger partial charge on any atom is 0.365 e. The minimum atomic E-state index is -4.09. The molecule has 1 amide bonds. The van der Waals surface area contributed by atoms with Gasteiger partial charge in [0, 0.05) is 49.3 Å². The van der Waals surface area contributed by atoms with Crippen LogP contribution < -0.4 is 4.74 Å². The lowest BCUT2D eigenvalue weighted by atomic mass is 10.0. The number of benzene rings is 2. The molecule has 14 heteroatoms. The zero-order chi connectivity index (χ0) is 40.4. The average molecular weight is 811 g/mol. The van der Waals surface area contributed by atoms with Crippen LogP contribution in [0.25, 0.3) is 10.9 Å². The van der Waals surface area contributed by atoms with Gasteiger partial charge in [0.25, 0.3) is 0 Å². The highest BCUT2D eigenvalue weighted by atomic mass is 35.5. The van der Waals surface area contributed by atoms with Crippen molar-refractivity contribution in [2.75, 3.05) is 32.7 Å². The van der Waals surface area contributed by atoms with Gasteiger partial charge in [-0.3, -0.25) is 18.9 Å². The highest BCUT2D eigenvalue weighted by Gasteiger charge is 2.39. The molecule has 0 radical (unpaired) electrons. The Balaban J connectivity index is 0.00000106. The summed E-state index contributed by atoms with van der Waals surface area (Å²) in [5.74, 6) is -1.60. The Hall–Kier alpha value is -3.15. The molecule has 2 heterocycles. The molecule has 1 aliphatic heterocycles. The van der Waals surface area contributed by atoms with Crippen LogP contribution in [0.4, 0.5) is 8.78 Å². The largest absolute Gasteiger partial charge is 0.481 e. The summed E-state index contributed by atoms with van der Waals surface area (Å²) in [4.78, 5) is 50.5. The first-order valence-corrected chi connectivity index (χ1v) is 21.7. The number of alkyl halides is 1. The second kappa shape index (κ2) is 23.8. The number of likely N-dealkylation sites (tertiary alicyclic amines) is 1. The van der Waals surface area contributed by atoms with Crippen molar-refractivity contribution in [2.45, 2.75) is 124 Å². The summed E-state index contributed by atoms with van der Waals surface area (Å²) < 4.78 is 59.2. The molecule has 10 nitrogen and oxygen atoms in total. The lowest BCUT2D eigenvalue weighted by Crippen LogP contribution is -2.42. The topological polar surface area (TPSA) is 124 Å². The van der Waals surface area contributed by atoms with Crippen LogP contribution in [0, 0.1) is 5.82 Å². The number of hydrogen-bond acceptors (Lipinski definition) is 7. The molecule has 0 bridgehead atoms. The third-order valence-corrected chi connectivity index (χ3v) is 10.7. The average Bonchev–Trinajstić information content (AvgIpc) is 3.73. The molecule has 1 fully saturated rings. The molecule has 4 rings (SSSR count). The van der Waals surface area contributed by atoms with Gasteiger partial charge in [-0.2, -0.15) is 0 Å². The van der Waals surface area contributed by atoms with Gasteiger partial charge in [-0.25, -0.2) is 8.78 Å². The van der Waals surface area contributed by atoms with Gasteiger partial charge in [0.2, 0.25) is 5.91 Å². The fourth-order valence-corrected chi connectivity index (χ4v) is 7.33. The number of aromatic nitrogens is 1. The Bertz CT molecular complexity index is 1730. The summed E-state index contributed by atoms with van der Waals surface area (Å²) in [6.07, 6.45) is 9.84. The van der Waals surface area contributed by atoms with Crippen molar-refractivity contribution in [3.63, 3.8) is 0 Å². The zero-order valence-corrected chi connectivity index (χ0v) is 34.4. The Morgan fingerprint density at radius 1 is 0.964 bits per heavy atom. The van der Waals surface area contributed by atoms with Crippen LogP contribution in [0.5, 0.6) is 5.75 Å². The molecular weight excluding hydrogens is 753 g/mol. The fourth-order valence-electron chi connectivity index (χ4n) is 6.34. The van der Waals surface area contributed by atoms with E-state index in [0.29, 0.717) is 36.1 Å². The highest BCUT2D eigenvalue weighted by molar-refractivity contribution is 7.52. The molecule has 1 aromatic heterocycles. The normalized spacial score (nSPS) is 16.5. The van der Waals surface area contributed by atoms with E-state index in [9.17, 15) is 32.6 Å². The van der Waals surface area contributed by atoms with E-state index < -0.39 is 43.7 Å². The number of carbonyl (C=O) groups excluding carboxylic acids is 3. The van der Waals surface area contributed by atoms with E-state index in [0.717, 1.165) is 19.3 Å². The summed E-state index contributed by atoms with van der Waals surface area (Å²) in [6.45, 7) is 8.46. The minimum absolute atomic E-state index is 0.0219. The lowest BCUT2D eigenvalue weighted by Gasteiger charge is -2.24. The van der Waals surface area contributed by atoms with Gasteiger partial charge < -0.3 is 28.4 Å². The predicted molar refractivity (Wildman–Crippen MR) is 212 cm³/mol. The lowest BCUT2D eigenvalue weighted by molar-refractivity contribution is -0.138. The van der Waals surface area contributed by atoms with E-state index >= 15 is 0 Å². The second-order valence-electron chi connectivity index (χ2n) is 14.0. The Morgan fingerprint density at radius 2 is 1.65 bits per heavy atom. The number of carbonyl (C=O) groups is 3. The summed E-state index contributed by atoms with van der Waals surface area (Å²) in [5.41, 5.74) is 1.01. The number of rotatable bonds is 23. The van der Waals surface area contributed by atoms with E-state index in [1.54, 1.807) is 12.1 Å². The highest BCUT2D eigenvalue weighted by Crippen LogP contribution is 2.42. The number of ether oxygens (including phenoxy) is 2. The van der Waals surface area contributed by atoms with Crippen LogP contribution in [0.3, 0.4) is 0 Å². The number of halogens is 3. The van der Waals surface area contributed by atoms with Crippen molar-refractivity contribution in [2.24, 2.45) is 0 Å². The predicted octanol–water partition coefficient (Wildman–Crippen LogP) is 9.89. The number of fused-ring (bicyclic) bond motifs is 1. The summed E-state index contributed by atoms with van der Waals surface area (Å²) in [7, 11) is -4.09. The Morgan fingerprint density at radius 3 is 2.35 bits per heavy atom. The maximum absolute atomic E-state index is 14.6. The van der Waals surface area contributed by atoms with E-state index in [-0.39, 0.29) is 61.1 Å². The summed E-state index contributed by atoms with van der Waals surface area (Å²) in [5, 5.41) is 0.456. The fraction of sp³-hybridized carbons (Fsp3) is 0.585. The van der Waals surface area contributed by atoms with Crippen molar-refractivity contribution in [1.82, 2.24) is 9.47 Å². The molecule has 2 aromatic carbocycles. The molecule has 55 heavy (non-hydrogen) atoms. The van der Waals surface area contributed by atoms with Crippen molar-refractivity contribution >= 4 is 47.6 Å².